The number of likely N-dealkylation sites (tertiary alicyclic amines) is 1. The Kier molecular flexibility index (Phi) is 14.6. The van der Waals surface area contributed by atoms with Gasteiger partial charge in [0.05, 0.1) is 24.1 Å². The number of alkyl halides is 6. The molecular formula is C39H44F6N4O7. The summed E-state index contributed by atoms with van der Waals surface area (Å²) in [5.41, 5.74) is 0.0733. The summed E-state index contributed by atoms with van der Waals surface area (Å²) >= 11 is 0. The number of carboxylic acids is 2. The monoisotopic (exact) mass is 794 g/mol. The molecule has 17 heteroatoms. The van der Waals surface area contributed by atoms with E-state index in [4.69, 9.17) is 15.3 Å². The number of rotatable bonds is 10. The molecule has 3 aromatic rings. The lowest BCUT2D eigenvalue weighted by Gasteiger charge is -2.46. The van der Waals surface area contributed by atoms with E-state index in [2.05, 4.69) is 15.1 Å². The van der Waals surface area contributed by atoms with Gasteiger partial charge in [0.25, 0.3) is 5.91 Å². The van der Waals surface area contributed by atoms with Crippen molar-refractivity contribution < 1.29 is 60.8 Å². The second kappa shape index (κ2) is 18.8. The van der Waals surface area contributed by atoms with E-state index >= 15 is 0 Å². The number of nitrogens with zero attached hydrogens (tertiary/aromatic N) is 3. The van der Waals surface area contributed by atoms with Crippen molar-refractivity contribution in [1.82, 2.24) is 14.7 Å². The molecule has 5 rings (SSSR count). The van der Waals surface area contributed by atoms with Gasteiger partial charge in [-0.1, -0.05) is 48.5 Å². The molecule has 0 aliphatic carbocycles. The summed E-state index contributed by atoms with van der Waals surface area (Å²) in [4.78, 5) is 51.8. The normalized spacial score (nSPS) is 18.7. The van der Waals surface area contributed by atoms with E-state index in [-0.39, 0.29) is 31.1 Å². The number of halogens is 6. The summed E-state index contributed by atoms with van der Waals surface area (Å²) in [5.74, 6) is -3.78. The van der Waals surface area contributed by atoms with Crippen LogP contribution in [0.1, 0.15) is 57.4 Å². The number of benzene rings is 3. The van der Waals surface area contributed by atoms with Crippen molar-refractivity contribution in [2.45, 2.75) is 70.1 Å². The van der Waals surface area contributed by atoms with E-state index in [1.54, 1.807) is 0 Å². The van der Waals surface area contributed by atoms with Gasteiger partial charge in [-0.2, -0.15) is 26.3 Å². The molecule has 304 valence electrons. The Morgan fingerprint density at radius 2 is 1.38 bits per heavy atom. The molecule has 4 N–H and O–H groups in total. The maximum Gasteiger partial charge on any atom is 0.416 e. The molecule has 2 aliphatic rings. The van der Waals surface area contributed by atoms with Gasteiger partial charge in [-0.25, -0.2) is 4.79 Å². The summed E-state index contributed by atoms with van der Waals surface area (Å²) in [7, 11) is 0. The third-order valence-electron chi connectivity index (χ3n) is 9.79. The van der Waals surface area contributed by atoms with E-state index < -0.39 is 65.5 Å². The Labute approximate surface area is 319 Å². The van der Waals surface area contributed by atoms with Gasteiger partial charge < -0.3 is 25.5 Å². The maximum absolute atomic E-state index is 13.7. The number of hydrogen-bond donors (Lipinski definition) is 4. The third kappa shape index (κ3) is 12.2. The van der Waals surface area contributed by atoms with Crippen molar-refractivity contribution in [3.05, 3.63) is 100 Å². The number of hydrogen-bond acceptors (Lipinski definition) is 7. The van der Waals surface area contributed by atoms with Crippen LogP contribution in [0.2, 0.25) is 0 Å². The molecule has 3 aromatic carbocycles. The number of piperidine rings is 1. The largest absolute Gasteiger partial charge is 0.481 e. The fourth-order valence-corrected chi connectivity index (χ4v) is 6.89. The number of amides is 2. The van der Waals surface area contributed by atoms with Crippen LogP contribution in [0, 0.1) is 13.8 Å². The molecule has 3 atom stereocenters. The Morgan fingerprint density at radius 3 is 1.88 bits per heavy atom. The lowest BCUT2D eigenvalue weighted by atomic mass is 9.90. The minimum absolute atomic E-state index is 0.0392. The standard InChI is InChI=1S/C35H38F6N4O2.C4H6O5/c1-23-7-6-8-24(2)32(23)42-31(46)22-43-13-15-44(16-14-43)29-11-12-45(30(21-29)17-25-9-4-3-5-10-25)33(47)26-18-27(34(36,37)38)20-28(19-26)35(39,40)41;5-2(4(8)9)1-3(6)7/h3-10,18-20,29-30H,11-17,21-22H2,1-2H3,(H,42,46);2,5H,1H2,(H,6,7)(H,8,9)/t29-,30+;2-/m10/s1. The van der Waals surface area contributed by atoms with Gasteiger partial charge in [0.2, 0.25) is 5.91 Å². The Morgan fingerprint density at radius 1 is 0.804 bits per heavy atom. The predicted molar refractivity (Wildman–Crippen MR) is 193 cm³/mol. The smallest absolute Gasteiger partial charge is 0.416 e. The van der Waals surface area contributed by atoms with E-state index in [9.17, 15) is 45.5 Å². The fourth-order valence-electron chi connectivity index (χ4n) is 6.89. The average molecular weight is 795 g/mol. The number of carboxylic acid groups (broad SMARTS) is 2. The van der Waals surface area contributed by atoms with E-state index in [0.29, 0.717) is 57.6 Å². The van der Waals surface area contributed by atoms with E-state index in [1.807, 2.05) is 62.4 Å². The molecule has 56 heavy (non-hydrogen) atoms. The van der Waals surface area contributed by atoms with Crippen LogP contribution < -0.4 is 5.32 Å². The number of aryl methyl sites for hydroxylation is 2. The highest BCUT2D eigenvalue weighted by Gasteiger charge is 2.40. The molecule has 0 unspecified atom stereocenters. The van der Waals surface area contributed by atoms with Gasteiger partial charge in [0, 0.05) is 56.1 Å². The molecular weight excluding hydrogens is 750 g/mol. The van der Waals surface area contributed by atoms with Crippen molar-refractivity contribution in [3.8, 4) is 0 Å². The highest BCUT2D eigenvalue weighted by Crippen LogP contribution is 2.37. The second-order valence-electron chi connectivity index (χ2n) is 13.9. The van der Waals surface area contributed by atoms with Crippen LogP contribution in [0.4, 0.5) is 32.0 Å². The minimum atomic E-state index is -5.05. The highest BCUT2D eigenvalue weighted by atomic mass is 19.4. The van der Waals surface area contributed by atoms with Crippen LogP contribution in [-0.4, -0.2) is 111 Å². The van der Waals surface area contributed by atoms with Gasteiger partial charge in [-0.15, -0.1) is 0 Å². The van der Waals surface area contributed by atoms with Crippen LogP contribution in [-0.2, 0) is 33.2 Å². The maximum atomic E-state index is 13.7. The number of piperazine rings is 1. The number of carbonyl (C=O) groups excluding carboxylic acids is 2. The summed E-state index contributed by atoms with van der Waals surface area (Å²) in [6.45, 7) is 7.04. The van der Waals surface area contributed by atoms with Crippen molar-refractivity contribution in [2.75, 3.05) is 44.6 Å². The topological polar surface area (TPSA) is 151 Å². The Hall–Kier alpha value is -5.00. The Balaban J connectivity index is 0.000000689. The van der Waals surface area contributed by atoms with Crippen molar-refractivity contribution >= 4 is 29.4 Å². The summed E-state index contributed by atoms with van der Waals surface area (Å²) in [5, 5.41) is 27.2. The predicted octanol–water partition coefficient (Wildman–Crippen LogP) is 5.72. The molecule has 11 nitrogen and oxygen atoms in total. The molecule has 0 spiro atoms. The summed E-state index contributed by atoms with van der Waals surface area (Å²) in [6.07, 6.45) is -11.2. The molecule has 2 saturated heterocycles. The molecule has 0 saturated carbocycles. The Bertz CT molecular complexity index is 1800. The van der Waals surface area contributed by atoms with E-state index in [0.717, 1.165) is 22.4 Å². The minimum Gasteiger partial charge on any atom is -0.481 e. The first-order valence-corrected chi connectivity index (χ1v) is 17.8. The van der Waals surface area contributed by atoms with Crippen LogP contribution in [0.25, 0.3) is 0 Å². The van der Waals surface area contributed by atoms with Crippen molar-refractivity contribution in [2.24, 2.45) is 0 Å². The third-order valence-corrected chi connectivity index (χ3v) is 9.79. The summed E-state index contributed by atoms with van der Waals surface area (Å²) < 4.78 is 81.4. The van der Waals surface area contributed by atoms with Crippen molar-refractivity contribution in [1.29, 1.82) is 0 Å². The number of anilines is 1. The zero-order valence-electron chi connectivity index (χ0n) is 30.7. The average Bonchev–Trinajstić information content (AvgIpc) is 3.13. The van der Waals surface area contributed by atoms with Gasteiger partial charge in [0.1, 0.15) is 0 Å². The molecule has 0 bridgehead atoms. The van der Waals surface area contributed by atoms with Gasteiger partial charge >= 0.3 is 24.3 Å². The number of nitrogens with one attached hydrogen (secondary N) is 1. The van der Waals surface area contributed by atoms with Crippen LogP contribution in [0.5, 0.6) is 0 Å². The summed E-state index contributed by atoms with van der Waals surface area (Å²) in [6, 6.07) is 15.9. The zero-order chi connectivity index (χ0) is 41.4. The second-order valence-corrected chi connectivity index (χ2v) is 13.9. The first-order chi connectivity index (χ1) is 26.2. The van der Waals surface area contributed by atoms with Crippen LogP contribution >= 0.6 is 0 Å². The molecule has 2 amide bonds. The highest BCUT2D eigenvalue weighted by molar-refractivity contribution is 5.95. The quantitative estimate of drug-likeness (QED) is 0.189. The van der Waals surface area contributed by atoms with Crippen LogP contribution in [0.15, 0.2) is 66.7 Å². The number of aliphatic hydroxyl groups is 1. The first-order valence-electron chi connectivity index (χ1n) is 17.8. The zero-order valence-corrected chi connectivity index (χ0v) is 30.7. The molecule has 2 fully saturated rings. The van der Waals surface area contributed by atoms with Gasteiger partial charge in [0.15, 0.2) is 6.10 Å². The first kappa shape index (κ1) is 43.7. The number of para-hydroxylation sites is 1. The van der Waals surface area contributed by atoms with Gasteiger partial charge in [-0.05, 0) is 68.0 Å². The van der Waals surface area contributed by atoms with E-state index in [1.165, 1.54) is 4.90 Å². The van der Waals surface area contributed by atoms with Gasteiger partial charge in [-0.3, -0.25) is 24.2 Å². The van der Waals surface area contributed by atoms with Crippen molar-refractivity contribution in [3.63, 3.8) is 0 Å². The number of aliphatic carboxylic acids is 2. The molecule has 0 aromatic heterocycles. The number of carbonyl (C=O) groups is 4. The fraction of sp³-hybridized carbons (Fsp3) is 0.436. The lowest BCUT2D eigenvalue weighted by Crippen LogP contribution is -2.57. The molecule has 2 heterocycles. The van der Waals surface area contributed by atoms with Crippen LogP contribution in [0.3, 0.4) is 0 Å². The molecule has 0 radical (unpaired) electrons. The lowest BCUT2D eigenvalue weighted by molar-refractivity contribution is -0.152. The number of aliphatic hydroxyl groups excluding tert-OH is 1. The molecule has 2 aliphatic heterocycles. The SMILES string of the molecule is Cc1cccc(C)c1NC(=O)CN1CCN([C@@H]2CCN(C(=O)c3cc(C(F)(F)F)cc(C(F)(F)F)c3)[C@@H](Cc3ccccc3)C2)CC1.O=C(O)C[C@H](O)C(=O)O.